The average molecular weight is 306 g/mol. The Hall–Kier alpha value is -1.65. The van der Waals surface area contributed by atoms with E-state index in [4.69, 9.17) is 29.6 Å². The molecular formula is C15H16ClN3S. The zero-order chi connectivity index (χ0) is 14.7. The van der Waals surface area contributed by atoms with Crippen LogP contribution in [0.15, 0.2) is 36.4 Å². The Morgan fingerprint density at radius 3 is 2.75 bits per heavy atom. The molecule has 5 heteroatoms. The molecular weight excluding hydrogens is 290 g/mol. The van der Waals surface area contributed by atoms with Crippen LogP contribution in [0.4, 0.5) is 5.69 Å². The molecule has 0 atom stereocenters. The molecule has 0 aliphatic carbocycles. The number of aryl methyl sites for hydroxylation is 1. The Balaban J connectivity index is 2.29. The zero-order valence-corrected chi connectivity index (χ0v) is 13.0. The number of nitrogens with zero attached hydrogens (tertiary/aromatic N) is 2. The molecule has 1 heterocycles. The molecule has 1 aromatic heterocycles. The van der Waals surface area contributed by atoms with E-state index in [-0.39, 0.29) is 0 Å². The van der Waals surface area contributed by atoms with Gasteiger partial charge < -0.3 is 10.6 Å². The van der Waals surface area contributed by atoms with Crippen LogP contribution >= 0.6 is 23.8 Å². The first-order valence-corrected chi connectivity index (χ1v) is 6.99. The third-order valence-electron chi connectivity index (χ3n) is 2.98. The van der Waals surface area contributed by atoms with Crippen LogP contribution in [0.5, 0.6) is 0 Å². The molecule has 0 aliphatic heterocycles. The molecule has 104 valence electrons. The number of hydrogen-bond acceptors (Lipinski definition) is 3. The summed E-state index contributed by atoms with van der Waals surface area (Å²) in [4.78, 5) is 6.90. The number of rotatable bonds is 4. The number of nitrogens with two attached hydrogens (primary N) is 1. The van der Waals surface area contributed by atoms with Gasteiger partial charge in [-0.3, -0.25) is 4.98 Å². The fourth-order valence-electron chi connectivity index (χ4n) is 2.05. The molecule has 0 radical (unpaired) electrons. The van der Waals surface area contributed by atoms with Gasteiger partial charge in [0.25, 0.3) is 0 Å². The van der Waals surface area contributed by atoms with E-state index in [1.54, 1.807) is 6.07 Å². The maximum atomic E-state index is 6.00. The van der Waals surface area contributed by atoms with Gasteiger partial charge in [-0.2, -0.15) is 0 Å². The van der Waals surface area contributed by atoms with Crippen LogP contribution in [0, 0.1) is 6.92 Å². The minimum Gasteiger partial charge on any atom is -0.389 e. The second-order valence-electron chi connectivity index (χ2n) is 4.65. The predicted octanol–water partition coefficient (Wildman–Crippen LogP) is 3.31. The highest BCUT2D eigenvalue weighted by molar-refractivity contribution is 7.80. The zero-order valence-electron chi connectivity index (χ0n) is 11.4. The Labute approximate surface area is 129 Å². The summed E-state index contributed by atoms with van der Waals surface area (Å²) in [5.41, 5.74) is 9.50. The van der Waals surface area contributed by atoms with E-state index in [1.165, 1.54) is 0 Å². The molecule has 2 aromatic rings. The minimum absolute atomic E-state index is 0.339. The quantitative estimate of drug-likeness (QED) is 0.880. The van der Waals surface area contributed by atoms with Crippen LogP contribution in [-0.4, -0.2) is 17.0 Å². The summed E-state index contributed by atoms with van der Waals surface area (Å²) in [6, 6.07) is 11.5. The van der Waals surface area contributed by atoms with Gasteiger partial charge in [-0.15, -0.1) is 0 Å². The smallest absolute Gasteiger partial charge is 0.106 e. The van der Waals surface area contributed by atoms with Crippen molar-refractivity contribution in [1.82, 2.24) is 4.98 Å². The van der Waals surface area contributed by atoms with Gasteiger partial charge in [0, 0.05) is 29.0 Å². The number of pyridine rings is 1. The number of halogens is 1. The maximum absolute atomic E-state index is 6.00. The van der Waals surface area contributed by atoms with Crippen molar-refractivity contribution in [3.63, 3.8) is 0 Å². The highest BCUT2D eigenvalue weighted by Gasteiger charge is 2.11. The molecule has 2 rings (SSSR count). The van der Waals surface area contributed by atoms with E-state index < -0.39 is 0 Å². The Bertz CT molecular complexity index is 643. The summed E-state index contributed by atoms with van der Waals surface area (Å²) < 4.78 is 0. The maximum Gasteiger partial charge on any atom is 0.106 e. The Kier molecular flexibility index (Phi) is 4.57. The van der Waals surface area contributed by atoms with Gasteiger partial charge in [0.05, 0.1) is 12.2 Å². The van der Waals surface area contributed by atoms with E-state index in [0.717, 1.165) is 22.6 Å². The normalized spacial score (nSPS) is 10.3. The SMILES string of the molecule is Cc1cccc(CN(C)c2ccc(Cl)cc2C(N)=S)n1. The molecule has 20 heavy (non-hydrogen) atoms. The molecule has 3 nitrogen and oxygen atoms in total. The lowest BCUT2D eigenvalue weighted by atomic mass is 10.1. The minimum atomic E-state index is 0.339. The molecule has 1 aromatic carbocycles. The van der Waals surface area contributed by atoms with Crippen LogP contribution in [0.1, 0.15) is 17.0 Å². The second kappa shape index (κ2) is 6.20. The third-order valence-corrected chi connectivity index (χ3v) is 3.44. The first-order valence-electron chi connectivity index (χ1n) is 6.20. The highest BCUT2D eigenvalue weighted by Crippen LogP contribution is 2.24. The summed E-state index contributed by atoms with van der Waals surface area (Å²) in [6.45, 7) is 2.66. The molecule has 0 bridgehead atoms. The van der Waals surface area contributed by atoms with Crippen LogP contribution < -0.4 is 10.6 Å². The summed E-state index contributed by atoms with van der Waals surface area (Å²) in [5.74, 6) is 0. The summed E-state index contributed by atoms with van der Waals surface area (Å²) in [5, 5.41) is 0.624. The van der Waals surface area contributed by atoms with Gasteiger partial charge in [0.2, 0.25) is 0 Å². The molecule has 0 saturated heterocycles. The Morgan fingerprint density at radius 1 is 1.35 bits per heavy atom. The lowest BCUT2D eigenvalue weighted by Gasteiger charge is -2.22. The van der Waals surface area contributed by atoms with E-state index >= 15 is 0 Å². The standard InChI is InChI=1S/C15H16ClN3S/c1-10-4-3-5-12(18-10)9-19(2)14-7-6-11(16)8-13(14)15(17)20/h3-8H,9H2,1-2H3,(H2,17,20). The van der Waals surface area contributed by atoms with Gasteiger partial charge >= 0.3 is 0 Å². The monoisotopic (exact) mass is 305 g/mol. The van der Waals surface area contributed by atoms with E-state index in [0.29, 0.717) is 16.6 Å². The lowest BCUT2D eigenvalue weighted by molar-refractivity contribution is 0.876. The van der Waals surface area contributed by atoms with Gasteiger partial charge in [-0.25, -0.2) is 0 Å². The summed E-state index contributed by atoms with van der Waals surface area (Å²) in [7, 11) is 1.98. The molecule has 0 aliphatic rings. The van der Waals surface area contributed by atoms with Gasteiger partial charge in [0.1, 0.15) is 4.99 Å². The number of aromatic nitrogens is 1. The van der Waals surface area contributed by atoms with Gasteiger partial charge in [-0.1, -0.05) is 29.9 Å². The van der Waals surface area contributed by atoms with Crippen LogP contribution in [-0.2, 0) is 6.54 Å². The van der Waals surface area contributed by atoms with Crippen LogP contribution in [0.3, 0.4) is 0 Å². The van der Waals surface area contributed by atoms with Gasteiger partial charge in [0.15, 0.2) is 0 Å². The predicted molar refractivity (Wildman–Crippen MR) is 88.4 cm³/mol. The largest absolute Gasteiger partial charge is 0.389 e. The fraction of sp³-hybridized carbons (Fsp3) is 0.200. The number of benzene rings is 1. The topological polar surface area (TPSA) is 42.1 Å². The van der Waals surface area contributed by atoms with Crippen molar-refractivity contribution < 1.29 is 0 Å². The van der Waals surface area contributed by atoms with Crippen molar-refractivity contribution in [3.8, 4) is 0 Å². The van der Waals surface area contributed by atoms with Crippen molar-refractivity contribution in [2.24, 2.45) is 5.73 Å². The first kappa shape index (κ1) is 14.8. The third kappa shape index (κ3) is 3.46. The molecule has 0 saturated carbocycles. The van der Waals surface area contributed by atoms with E-state index in [1.807, 2.05) is 44.3 Å². The highest BCUT2D eigenvalue weighted by atomic mass is 35.5. The summed E-state index contributed by atoms with van der Waals surface area (Å²) in [6.07, 6.45) is 0. The molecule has 2 N–H and O–H groups in total. The fourth-order valence-corrected chi connectivity index (χ4v) is 2.39. The van der Waals surface area contributed by atoms with Crippen LogP contribution in [0.2, 0.25) is 5.02 Å². The van der Waals surface area contributed by atoms with Gasteiger partial charge in [-0.05, 0) is 37.3 Å². The lowest BCUT2D eigenvalue weighted by Crippen LogP contribution is -2.22. The first-order chi connectivity index (χ1) is 9.47. The van der Waals surface area contributed by atoms with E-state index in [2.05, 4.69) is 9.88 Å². The van der Waals surface area contributed by atoms with E-state index in [9.17, 15) is 0 Å². The second-order valence-corrected chi connectivity index (χ2v) is 5.53. The van der Waals surface area contributed by atoms with Crippen molar-refractivity contribution in [1.29, 1.82) is 0 Å². The van der Waals surface area contributed by atoms with Crippen molar-refractivity contribution in [2.75, 3.05) is 11.9 Å². The number of anilines is 1. The Morgan fingerprint density at radius 2 is 2.10 bits per heavy atom. The number of hydrogen-bond donors (Lipinski definition) is 1. The van der Waals surface area contributed by atoms with Crippen molar-refractivity contribution in [2.45, 2.75) is 13.5 Å². The van der Waals surface area contributed by atoms with Crippen molar-refractivity contribution >= 4 is 34.5 Å². The molecule has 0 unspecified atom stereocenters. The summed E-state index contributed by atoms with van der Waals surface area (Å²) >= 11 is 11.1. The van der Waals surface area contributed by atoms with Crippen molar-refractivity contribution in [3.05, 3.63) is 58.4 Å². The molecule has 0 spiro atoms. The molecule has 0 fully saturated rings. The van der Waals surface area contributed by atoms with Crippen LogP contribution in [0.25, 0.3) is 0 Å². The molecule has 0 amide bonds. The average Bonchev–Trinajstić information content (AvgIpc) is 2.38. The number of thiocarbonyl (C=S) groups is 1.